The van der Waals surface area contributed by atoms with Crippen molar-refractivity contribution in [3.05, 3.63) is 58.7 Å². The molecule has 0 aromatic heterocycles. The van der Waals surface area contributed by atoms with Crippen LogP contribution in [0.5, 0.6) is 11.5 Å². The molecule has 4 nitrogen and oxygen atoms in total. The Morgan fingerprint density at radius 3 is 2.39 bits per heavy atom. The molecule has 4 heteroatoms. The molecule has 0 atom stereocenters. The molecule has 0 bridgehead atoms. The van der Waals surface area contributed by atoms with Gasteiger partial charge in [-0.1, -0.05) is 18.2 Å². The lowest BCUT2D eigenvalue weighted by Crippen LogP contribution is -2.05. The number of aryl methyl sites for hydroxylation is 2. The van der Waals surface area contributed by atoms with Gasteiger partial charge in [0, 0.05) is 11.6 Å². The van der Waals surface area contributed by atoms with E-state index in [0.29, 0.717) is 11.1 Å². The number of aliphatic carboxylic acids is 1. The molecule has 2 aromatic rings. The van der Waals surface area contributed by atoms with E-state index in [-0.39, 0.29) is 17.1 Å². The van der Waals surface area contributed by atoms with Crippen molar-refractivity contribution in [2.45, 2.75) is 25.7 Å². The molecule has 0 amide bonds. The molecule has 0 saturated heterocycles. The minimum Gasteiger partial charge on any atom is -0.508 e. The summed E-state index contributed by atoms with van der Waals surface area (Å²) in [5.41, 5.74) is 3.61. The summed E-state index contributed by atoms with van der Waals surface area (Å²) in [5.74, 6) is -1.26. The van der Waals surface area contributed by atoms with Crippen LogP contribution in [-0.4, -0.2) is 21.3 Å². The summed E-state index contributed by atoms with van der Waals surface area (Å²) in [5, 5.41) is 28.7. The fraction of sp³-hybridized carbons (Fsp3) is 0.211. The van der Waals surface area contributed by atoms with Gasteiger partial charge in [-0.3, -0.25) is 0 Å². The zero-order valence-corrected chi connectivity index (χ0v) is 12.6. The topological polar surface area (TPSA) is 77.8 Å². The standard InChI is InChI=1S/C19H18O4/c20-16-8-7-15(18(21)11-16)10-17(19(22)23)14-6-5-12-3-1-2-4-13(12)9-14/h5-11,20-21H,1-4H2,(H,22,23)/b17-10-. The zero-order chi connectivity index (χ0) is 16.4. The maximum absolute atomic E-state index is 11.7. The molecule has 3 N–H and O–H groups in total. The van der Waals surface area contributed by atoms with E-state index < -0.39 is 5.97 Å². The Balaban J connectivity index is 2.05. The van der Waals surface area contributed by atoms with Gasteiger partial charge in [-0.25, -0.2) is 4.79 Å². The van der Waals surface area contributed by atoms with Crippen molar-refractivity contribution >= 4 is 17.6 Å². The first kappa shape index (κ1) is 15.2. The highest BCUT2D eigenvalue weighted by Crippen LogP contribution is 2.29. The summed E-state index contributed by atoms with van der Waals surface area (Å²) in [4.78, 5) is 11.7. The van der Waals surface area contributed by atoms with Gasteiger partial charge in [0.25, 0.3) is 0 Å². The summed E-state index contributed by atoms with van der Waals surface area (Å²) < 4.78 is 0. The minimum absolute atomic E-state index is 0.0645. The van der Waals surface area contributed by atoms with Gasteiger partial charge < -0.3 is 15.3 Å². The Bertz CT molecular complexity index is 790. The first-order chi connectivity index (χ1) is 11.0. The highest BCUT2D eigenvalue weighted by molar-refractivity contribution is 6.20. The molecular formula is C19H18O4. The average molecular weight is 310 g/mol. The number of rotatable bonds is 3. The van der Waals surface area contributed by atoms with Crippen molar-refractivity contribution in [1.82, 2.24) is 0 Å². The Morgan fingerprint density at radius 2 is 1.70 bits per heavy atom. The number of benzene rings is 2. The third-order valence-electron chi connectivity index (χ3n) is 4.20. The van der Waals surface area contributed by atoms with Crippen LogP contribution >= 0.6 is 0 Å². The number of hydrogen-bond donors (Lipinski definition) is 3. The molecule has 1 aliphatic carbocycles. The molecule has 23 heavy (non-hydrogen) atoms. The highest BCUT2D eigenvalue weighted by atomic mass is 16.4. The Morgan fingerprint density at radius 1 is 0.957 bits per heavy atom. The predicted molar refractivity (Wildman–Crippen MR) is 88.4 cm³/mol. The van der Waals surface area contributed by atoms with Crippen molar-refractivity contribution in [2.24, 2.45) is 0 Å². The number of fused-ring (bicyclic) bond motifs is 1. The first-order valence-electron chi connectivity index (χ1n) is 7.64. The van der Waals surface area contributed by atoms with Crippen LogP contribution in [0, 0.1) is 0 Å². The molecule has 0 heterocycles. The van der Waals surface area contributed by atoms with E-state index in [9.17, 15) is 20.1 Å². The fourth-order valence-corrected chi connectivity index (χ4v) is 2.98. The smallest absolute Gasteiger partial charge is 0.336 e. The van der Waals surface area contributed by atoms with Gasteiger partial charge in [0.2, 0.25) is 0 Å². The quantitative estimate of drug-likeness (QED) is 0.598. The summed E-state index contributed by atoms with van der Waals surface area (Å²) in [6, 6.07) is 9.85. The second kappa shape index (κ2) is 6.16. The Labute approximate surface area is 134 Å². The first-order valence-corrected chi connectivity index (χ1v) is 7.64. The van der Waals surface area contributed by atoms with Gasteiger partial charge >= 0.3 is 5.97 Å². The number of carboxylic acid groups (broad SMARTS) is 1. The number of hydrogen-bond acceptors (Lipinski definition) is 3. The summed E-state index contributed by atoms with van der Waals surface area (Å²) >= 11 is 0. The zero-order valence-electron chi connectivity index (χ0n) is 12.6. The van der Waals surface area contributed by atoms with Crippen molar-refractivity contribution in [3.63, 3.8) is 0 Å². The van der Waals surface area contributed by atoms with E-state index in [1.54, 1.807) is 0 Å². The number of carboxylic acids is 1. The second-order valence-electron chi connectivity index (χ2n) is 5.80. The number of phenolic OH excluding ortho intramolecular Hbond substituents is 2. The van der Waals surface area contributed by atoms with E-state index in [1.807, 2.05) is 18.2 Å². The lowest BCUT2D eigenvalue weighted by atomic mass is 9.88. The molecule has 118 valence electrons. The van der Waals surface area contributed by atoms with E-state index in [1.165, 1.54) is 41.8 Å². The number of carbonyl (C=O) groups is 1. The molecular weight excluding hydrogens is 292 g/mol. The molecule has 0 radical (unpaired) electrons. The van der Waals surface area contributed by atoms with Crippen LogP contribution < -0.4 is 0 Å². The third-order valence-corrected chi connectivity index (χ3v) is 4.20. The largest absolute Gasteiger partial charge is 0.508 e. The lowest BCUT2D eigenvalue weighted by Gasteiger charge is -2.17. The van der Waals surface area contributed by atoms with Crippen LogP contribution in [0.2, 0.25) is 0 Å². The van der Waals surface area contributed by atoms with Gasteiger partial charge in [0.05, 0.1) is 5.57 Å². The maximum Gasteiger partial charge on any atom is 0.336 e. The molecule has 3 rings (SSSR count). The van der Waals surface area contributed by atoms with Crippen LogP contribution in [0.4, 0.5) is 0 Å². The van der Waals surface area contributed by atoms with Crippen LogP contribution in [0.3, 0.4) is 0 Å². The predicted octanol–water partition coefficient (Wildman–Crippen LogP) is 3.60. The van der Waals surface area contributed by atoms with Gasteiger partial charge in [-0.05, 0) is 60.6 Å². The molecule has 0 spiro atoms. The molecule has 2 aromatic carbocycles. The lowest BCUT2D eigenvalue weighted by molar-refractivity contribution is -0.130. The highest BCUT2D eigenvalue weighted by Gasteiger charge is 2.15. The van der Waals surface area contributed by atoms with Crippen molar-refractivity contribution < 1.29 is 20.1 Å². The van der Waals surface area contributed by atoms with Crippen LogP contribution in [0.15, 0.2) is 36.4 Å². The number of phenols is 2. The van der Waals surface area contributed by atoms with Gasteiger partial charge in [-0.15, -0.1) is 0 Å². The normalized spacial score (nSPS) is 14.3. The second-order valence-corrected chi connectivity index (χ2v) is 5.80. The van der Waals surface area contributed by atoms with E-state index in [4.69, 9.17) is 0 Å². The Hall–Kier alpha value is -2.75. The van der Waals surface area contributed by atoms with E-state index in [2.05, 4.69) is 0 Å². The van der Waals surface area contributed by atoms with Gasteiger partial charge in [-0.2, -0.15) is 0 Å². The monoisotopic (exact) mass is 310 g/mol. The molecule has 0 fully saturated rings. The Kier molecular flexibility index (Phi) is 4.06. The number of aromatic hydroxyl groups is 2. The van der Waals surface area contributed by atoms with Crippen molar-refractivity contribution in [3.8, 4) is 11.5 Å². The van der Waals surface area contributed by atoms with Crippen molar-refractivity contribution in [1.29, 1.82) is 0 Å². The third kappa shape index (κ3) is 3.21. The van der Waals surface area contributed by atoms with E-state index >= 15 is 0 Å². The molecule has 0 unspecified atom stereocenters. The summed E-state index contributed by atoms with van der Waals surface area (Å²) in [6.45, 7) is 0. The van der Waals surface area contributed by atoms with Gasteiger partial charge in [0.1, 0.15) is 11.5 Å². The van der Waals surface area contributed by atoms with Crippen molar-refractivity contribution in [2.75, 3.05) is 0 Å². The van der Waals surface area contributed by atoms with Crippen LogP contribution in [0.25, 0.3) is 11.6 Å². The molecule has 0 saturated carbocycles. The summed E-state index contributed by atoms with van der Waals surface area (Å²) in [6.07, 6.45) is 5.75. The van der Waals surface area contributed by atoms with Gasteiger partial charge in [0.15, 0.2) is 0 Å². The minimum atomic E-state index is -1.05. The SMILES string of the molecule is O=C(O)/C(=C\c1ccc(O)cc1O)c1ccc2c(c1)CCCC2. The fourth-order valence-electron chi connectivity index (χ4n) is 2.98. The average Bonchev–Trinajstić information content (AvgIpc) is 2.53. The van der Waals surface area contributed by atoms with Crippen LogP contribution in [0.1, 0.15) is 35.1 Å². The molecule has 0 aliphatic heterocycles. The van der Waals surface area contributed by atoms with Crippen LogP contribution in [-0.2, 0) is 17.6 Å². The summed E-state index contributed by atoms with van der Waals surface area (Å²) in [7, 11) is 0. The maximum atomic E-state index is 11.7. The van der Waals surface area contributed by atoms with E-state index in [0.717, 1.165) is 19.3 Å². The molecule has 1 aliphatic rings.